The molecule has 0 aliphatic carbocycles. The van der Waals surface area contributed by atoms with Crippen LogP contribution in [0.25, 0.3) is 0 Å². The zero-order valence-corrected chi connectivity index (χ0v) is 13.9. The van der Waals surface area contributed by atoms with Crippen LogP contribution < -0.4 is 0 Å². The molecular formula is C14H22ClNO3S. The minimum atomic E-state index is -3.61. The summed E-state index contributed by atoms with van der Waals surface area (Å²) in [6, 6.07) is 2.97. The molecule has 114 valence electrons. The molecule has 0 saturated heterocycles. The molecule has 0 amide bonds. The van der Waals surface area contributed by atoms with E-state index in [4.69, 9.17) is 11.6 Å². The number of aliphatic hydroxyl groups excluding tert-OH is 1. The van der Waals surface area contributed by atoms with Gasteiger partial charge in [0.05, 0.1) is 11.5 Å². The maximum absolute atomic E-state index is 12.8. The second-order valence-corrected chi connectivity index (χ2v) is 7.11. The van der Waals surface area contributed by atoms with Gasteiger partial charge in [-0.15, -0.1) is 0 Å². The van der Waals surface area contributed by atoms with E-state index in [1.165, 1.54) is 10.4 Å². The molecule has 0 radical (unpaired) electrons. The lowest BCUT2D eigenvalue weighted by Crippen LogP contribution is -2.38. The molecule has 4 nitrogen and oxygen atoms in total. The first-order chi connectivity index (χ1) is 9.29. The Morgan fingerprint density at radius 3 is 2.40 bits per heavy atom. The number of rotatable bonds is 6. The van der Waals surface area contributed by atoms with Gasteiger partial charge in [-0.3, -0.25) is 0 Å². The first-order valence-electron chi connectivity index (χ1n) is 6.71. The van der Waals surface area contributed by atoms with Gasteiger partial charge in [0.2, 0.25) is 10.0 Å². The van der Waals surface area contributed by atoms with E-state index in [0.29, 0.717) is 22.7 Å². The number of halogens is 1. The summed E-state index contributed by atoms with van der Waals surface area (Å²) in [6.45, 7) is 7.51. The third kappa shape index (κ3) is 3.34. The summed E-state index contributed by atoms with van der Waals surface area (Å²) in [7, 11) is -3.61. The van der Waals surface area contributed by atoms with Crippen molar-refractivity contribution in [2.75, 3.05) is 6.54 Å². The maximum Gasteiger partial charge on any atom is 0.243 e. The van der Waals surface area contributed by atoms with Gasteiger partial charge in [-0.05, 0) is 43.5 Å². The topological polar surface area (TPSA) is 57.6 Å². The van der Waals surface area contributed by atoms with Crippen molar-refractivity contribution in [2.24, 2.45) is 0 Å². The second-order valence-electron chi connectivity index (χ2n) is 4.81. The van der Waals surface area contributed by atoms with E-state index < -0.39 is 10.0 Å². The highest BCUT2D eigenvalue weighted by molar-refractivity contribution is 7.89. The van der Waals surface area contributed by atoms with Gasteiger partial charge in [-0.2, -0.15) is 4.31 Å². The molecule has 1 aromatic rings. The normalized spacial score (nSPS) is 13.8. The smallest absolute Gasteiger partial charge is 0.243 e. The van der Waals surface area contributed by atoms with Crippen LogP contribution in [0.1, 0.15) is 38.3 Å². The van der Waals surface area contributed by atoms with Gasteiger partial charge >= 0.3 is 0 Å². The van der Waals surface area contributed by atoms with Gasteiger partial charge in [0, 0.05) is 17.6 Å². The van der Waals surface area contributed by atoms with E-state index in [1.807, 2.05) is 20.8 Å². The molecule has 1 atom stereocenters. The average Bonchev–Trinajstić information content (AvgIpc) is 2.40. The van der Waals surface area contributed by atoms with Crippen molar-refractivity contribution in [2.45, 2.75) is 51.7 Å². The number of hydrogen-bond acceptors (Lipinski definition) is 3. The Morgan fingerprint density at radius 2 is 1.95 bits per heavy atom. The standard InChI is InChI=1S/C14H22ClNO3S/c1-5-10(3)16(6-2)20(18,19)14-8-13(15)7-12(9-17)11(14)4/h7-8,10,17H,5-6,9H2,1-4H3. The van der Waals surface area contributed by atoms with E-state index in [1.54, 1.807) is 13.0 Å². The van der Waals surface area contributed by atoms with Crippen LogP contribution in [0.2, 0.25) is 5.02 Å². The molecule has 0 spiro atoms. The summed E-state index contributed by atoms with van der Waals surface area (Å²) >= 11 is 5.97. The summed E-state index contributed by atoms with van der Waals surface area (Å²) in [5, 5.41) is 9.64. The summed E-state index contributed by atoms with van der Waals surface area (Å²) in [5.74, 6) is 0. The van der Waals surface area contributed by atoms with Crippen molar-refractivity contribution in [3.63, 3.8) is 0 Å². The van der Waals surface area contributed by atoms with E-state index in [-0.39, 0.29) is 17.5 Å². The van der Waals surface area contributed by atoms with E-state index in [9.17, 15) is 13.5 Å². The van der Waals surface area contributed by atoms with E-state index in [0.717, 1.165) is 6.42 Å². The highest BCUT2D eigenvalue weighted by Crippen LogP contribution is 2.28. The fraction of sp³-hybridized carbons (Fsp3) is 0.571. The van der Waals surface area contributed by atoms with Crippen molar-refractivity contribution in [3.8, 4) is 0 Å². The molecule has 1 rings (SSSR count). The average molecular weight is 320 g/mol. The molecular weight excluding hydrogens is 298 g/mol. The lowest BCUT2D eigenvalue weighted by Gasteiger charge is -2.27. The van der Waals surface area contributed by atoms with E-state index in [2.05, 4.69) is 0 Å². The monoisotopic (exact) mass is 319 g/mol. The molecule has 0 aromatic heterocycles. The minimum Gasteiger partial charge on any atom is -0.392 e. The van der Waals surface area contributed by atoms with Crippen molar-refractivity contribution in [1.82, 2.24) is 4.31 Å². The highest BCUT2D eigenvalue weighted by Gasteiger charge is 2.29. The van der Waals surface area contributed by atoms with Crippen LogP contribution in [0, 0.1) is 6.92 Å². The van der Waals surface area contributed by atoms with Crippen LogP contribution in [0.4, 0.5) is 0 Å². The minimum absolute atomic E-state index is 0.0824. The Labute approximate surface area is 126 Å². The Balaban J connectivity index is 3.45. The van der Waals surface area contributed by atoms with Gasteiger partial charge in [-0.1, -0.05) is 25.4 Å². The SMILES string of the molecule is CCC(C)N(CC)S(=O)(=O)c1cc(Cl)cc(CO)c1C. The molecule has 6 heteroatoms. The third-order valence-corrected chi connectivity index (χ3v) is 6.02. The fourth-order valence-electron chi connectivity index (χ4n) is 2.19. The molecule has 1 unspecified atom stereocenters. The largest absolute Gasteiger partial charge is 0.392 e. The number of nitrogens with zero attached hydrogens (tertiary/aromatic N) is 1. The van der Waals surface area contributed by atoms with Crippen LogP contribution in [0.3, 0.4) is 0 Å². The van der Waals surface area contributed by atoms with Crippen molar-refractivity contribution >= 4 is 21.6 Å². The van der Waals surface area contributed by atoms with Crippen LogP contribution in [-0.4, -0.2) is 30.4 Å². The zero-order valence-electron chi connectivity index (χ0n) is 12.4. The molecule has 1 aromatic carbocycles. The Bertz CT molecular complexity index is 572. The Hall–Kier alpha value is -0.620. The summed E-state index contributed by atoms with van der Waals surface area (Å²) in [4.78, 5) is 0.177. The van der Waals surface area contributed by atoms with Crippen molar-refractivity contribution in [3.05, 3.63) is 28.3 Å². The van der Waals surface area contributed by atoms with Crippen LogP contribution in [0.5, 0.6) is 0 Å². The molecule has 0 saturated carbocycles. The molecule has 0 bridgehead atoms. The van der Waals surface area contributed by atoms with Crippen LogP contribution >= 0.6 is 11.6 Å². The summed E-state index contributed by atoms with van der Waals surface area (Å²) in [5.41, 5.74) is 1.09. The molecule has 20 heavy (non-hydrogen) atoms. The third-order valence-electron chi connectivity index (χ3n) is 3.58. The first kappa shape index (κ1) is 17.4. The fourth-order valence-corrected chi connectivity index (χ4v) is 4.50. The van der Waals surface area contributed by atoms with Crippen LogP contribution in [-0.2, 0) is 16.6 Å². The molecule has 0 heterocycles. The predicted molar refractivity (Wildman–Crippen MR) is 81.4 cm³/mol. The van der Waals surface area contributed by atoms with Gasteiger partial charge in [0.25, 0.3) is 0 Å². The zero-order chi connectivity index (χ0) is 15.5. The predicted octanol–water partition coefficient (Wildman–Crippen LogP) is 2.95. The Kier molecular flexibility index (Phi) is 6.01. The lowest BCUT2D eigenvalue weighted by molar-refractivity contribution is 0.280. The molecule has 0 aliphatic heterocycles. The number of aliphatic hydroxyl groups is 1. The number of sulfonamides is 1. The van der Waals surface area contributed by atoms with Gasteiger partial charge in [0.15, 0.2) is 0 Å². The molecule has 0 aliphatic rings. The highest BCUT2D eigenvalue weighted by atomic mass is 35.5. The van der Waals surface area contributed by atoms with E-state index >= 15 is 0 Å². The van der Waals surface area contributed by atoms with Crippen LogP contribution in [0.15, 0.2) is 17.0 Å². The van der Waals surface area contributed by atoms with Crippen molar-refractivity contribution in [1.29, 1.82) is 0 Å². The van der Waals surface area contributed by atoms with Crippen molar-refractivity contribution < 1.29 is 13.5 Å². The number of benzene rings is 1. The summed E-state index contributed by atoms with van der Waals surface area (Å²) < 4.78 is 27.0. The maximum atomic E-state index is 12.8. The first-order valence-corrected chi connectivity index (χ1v) is 8.53. The second kappa shape index (κ2) is 6.89. The quantitative estimate of drug-likeness (QED) is 0.877. The molecule has 0 fully saturated rings. The van der Waals surface area contributed by atoms with Gasteiger partial charge in [0.1, 0.15) is 0 Å². The molecule has 1 N–H and O–H groups in total. The van der Waals surface area contributed by atoms with Gasteiger partial charge < -0.3 is 5.11 Å². The van der Waals surface area contributed by atoms with Gasteiger partial charge in [-0.25, -0.2) is 8.42 Å². The summed E-state index contributed by atoms with van der Waals surface area (Å²) in [6.07, 6.45) is 0.736. The Morgan fingerprint density at radius 1 is 1.35 bits per heavy atom. The number of hydrogen-bond donors (Lipinski definition) is 1. The lowest BCUT2D eigenvalue weighted by atomic mass is 10.1.